The first-order chi connectivity index (χ1) is 12.5. The van der Waals surface area contributed by atoms with Crippen molar-refractivity contribution >= 4 is 41.0 Å². The van der Waals surface area contributed by atoms with Crippen LogP contribution in [0.25, 0.3) is 0 Å². The molecule has 1 aromatic carbocycles. The lowest BCUT2D eigenvalue weighted by molar-refractivity contribution is -0.152. The van der Waals surface area contributed by atoms with Crippen LogP contribution in [0.4, 0.5) is 0 Å². The van der Waals surface area contributed by atoms with Crippen molar-refractivity contribution in [3.05, 3.63) is 59.0 Å². The van der Waals surface area contributed by atoms with Gasteiger partial charge in [-0.25, -0.2) is 4.79 Å². The lowest BCUT2D eigenvalue weighted by Crippen LogP contribution is -2.43. The Hall–Kier alpha value is -2.25. The van der Waals surface area contributed by atoms with Crippen LogP contribution < -0.4 is 0 Å². The van der Waals surface area contributed by atoms with Crippen LogP contribution in [0.15, 0.2) is 47.1 Å². The summed E-state index contributed by atoms with van der Waals surface area (Å²) in [6.07, 6.45) is 1.52. The topological polar surface area (TPSA) is 76.8 Å². The molecule has 1 aliphatic rings. The monoisotopic (exact) mass is 393 g/mol. The summed E-state index contributed by atoms with van der Waals surface area (Å²) >= 11 is 7.20. The van der Waals surface area contributed by atoms with Crippen molar-refractivity contribution in [2.75, 3.05) is 12.4 Å². The number of carbonyl (C=O) groups is 3. The molecular weight excluding hydrogens is 378 g/mol. The van der Waals surface area contributed by atoms with Crippen molar-refractivity contribution in [1.29, 1.82) is 0 Å². The van der Waals surface area contributed by atoms with Gasteiger partial charge < -0.3 is 14.1 Å². The molecule has 26 heavy (non-hydrogen) atoms. The highest BCUT2D eigenvalue weighted by Gasteiger charge is 2.43. The molecule has 0 saturated carbocycles. The van der Waals surface area contributed by atoms with Crippen LogP contribution in [0.5, 0.6) is 0 Å². The summed E-state index contributed by atoms with van der Waals surface area (Å²) in [5.74, 6) is -0.236. The third-order valence-electron chi connectivity index (χ3n) is 3.93. The number of amides is 1. The van der Waals surface area contributed by atoms with Crippen molar-refractivity contribution in [3.8, 4) is 0 Å². The minimum Gasteiger partial charge on any atom is -0.466 e. The molecule has 1 saturated heterocycles. The Kier molecular flexibility index (Phi) is 5.68. The molecule has 1 fully saturated rings. The molecule has 0 aliphatic carbocycles. The van der Waals surface area contributed by atoms with E-state index in [4.69, 9.17) is 20.8 Å². The van der Waals surface area contributed by atoms with Crippen molar-refractivity contribution in [2.45, 2.75) is 18.3 Å². The van der Waals surface area contributed by atoms with E-state index < -0.39 is 18.6 Å². The van der Waals surface area contributed by atoms with Crippen LogP contribution >= 0.6 is 23.4 Å². The molecule has 3 rings (SSSR count). The maximum atomic E-state index is 12.4. The van der Waals surface area contributed by atoms with Crippen LogP contribution in [0.2, 0.25) is 5.02 Å². The number of hydrogen-bond acceptors (Lipinski definition) is 6. The zero-order chi connectivity index (χ0) is 18.7. The number of benzene rings is 1. The first kappa shape index (κ1) is 18.5. The normalized spacial score (nSPS) is 19.4. The molecule has 136 valence electrons. The first-order valence-electron chi connectivity index (χ1n) is 7.86. The number of furan rings is 1. The Bertz CT molecular complexity index is 805. The average molecular weight is 394 g/mol. The largest absolute Gasteiger partial charge is 0.466 e. The van der Waals surface area contributed by atoms with E-state index in [1.165, 1.54) is 29.8 Å². The van der Waals surface area contributed by atoms with Crippen LogP contribution in [0.3, 0.4) is 0 Å². The zero-order valence-corrected chi connectivity index (χ0v) is 15.5. The highest BCUT2D eigenvalue weighted by molar-refractivity contribution is 7.99. The summed E-state index contributed by atoms with van der Waals surface area (Å²) in [6.45, 7) is 1.000. The van der Waals surface area contributed by atoms with Gasteiger partial charge in [0.15, 0.2) is 12.4 Å². The minimum absolute atomic E-state index is 0.262. The summed E-state index contributed by atoms with van der Waals surface area (Å²) in [6, 6.07) is 9.05. The lowest BCUT2D eigenvalue weighted by atomic mass is 10.1. The maximum Gasteiger partial charge on any atom is 0.330 e. The molecule has 0 N–H and O–H groups in total. The third-order valence-corrected chi connectivity index (χ3v) is 5.47. The molecule has 1 aliphatic heterocycles. The summed E-state index contributed by atoms with van der Waals surface area (Å²) < 4.78 is 10.5. The van der Waals surface area contributed by atoms with E-state index in [0.717, 1.165) is 0 Å². The molecule has 8 heteroatoms. The summed E-state index contributed by atoms with van der Waals surface area (Å²) in [5, 5.41) is 0.134. The maximum absolute atomic E-state index is 12.4. The van der Waals surface area contributed by atoms with Gasteiger partial charge in [0, 0.05) is 23.3 Å². The van der Waals surface area contributed by atoms with E-state index in [1.807, 2.05) is 0 Å². The number of carbonyl (C=O) groups excluding carboxylic acids is 3. The van der Waals surface area contributed by atoms with Crippen molar-refractivity contribution in [3.63, 3.8) is 0 Å². The Morgan fingerprint density at radius 3 is 2.62 bits per heavy atom. The van der Waals surface area contributed by atoms with Crippen LogP contribution in [0, 0.1) is 0 Å². The number of rotatable bonds is 5. The van der Waals surface area contributed by atoms with Crippen molar-refractivity contribution in [2.24, 2.45) is 0 Å². The zero-order valence-electron chi connectivity index (χ0n) is 13.9. The quantitative estimate of drug-likeness (QED) is 0.573. The van der Waals surface area contributed by atoms with Gasteiger partial charge in [0.05, 0.1) is 6.26 Å². The Balaban J connectivity index is 1.64. The summed E-state index contributed by atoms with van der Waals surface area (Å²) in [5.41, 5.74) is 0.403. The standard InChI is InChI=1S/C18H16ClNO5S/c1-11(21)20-14(10-26-17(20)16-3-2-8-24-16)18(23)25-9-15(22)12-4-6-13(19)7-5-12/h2-8,14,17H,9-10H2,1H3/t14-,17-/m1/s1. The smallest absolute Gasteiger partial charge is 0.330 e. The second-order valence-corrected chi connectivity index (χ2v) is 7.23. The fraction of sp³-hybridized carbons (Fsp3) is 0.278. The molecule has 2 aromatic rings. The minimum atomic E-state index is -0.759. The molecule has 2 atom stereocenters. The molecule has 0 unspecified atom stereocenters. The van der Waals surface area contributed by atoms with E-state index in [-0.39, 0.29) is 17.1 Å². The number of esters is 1. The number of thioether (sulfide) groups is 1. The van der Waals surface area contributed by atoms with Crippen LogP contribution in [-0.4, -0.2) is 41.0 Å². The van der Waals surface area contributed by atoms with E-state index in [0.29, 0.717) is 22.1 Å². The van der Waals surface area contributed by atoms with E-state index in [1.54, 1.807) is 36.4 Å². The molecule has 2 heterocycles. The van der Waals surface area contributed by atoms with Crippen LogP contribution in [0.1, 0.15) is 28.4 Å². The number of halogens is 1. The van der Waals surface area contributed by atoms with Gasteiger partial charge in [-0.3, -0.25) is 9.59 Å². The van der Waals surface area contributed by atoms with Crippen molar-refractivity contribution < 1.29 is 23.5 Å². The molecule has 1 aromatic heterocycles. The van der Waals surface area contributed by atoms with E-state index in [2.05, 4.69) is 0 Å². The van der Waals surface area contributed by atoms with Gasteiger partial charge in [-0.1, -0.05) is 11.6 Å². The van der Waals surface area contributed by atoms with Gasteiger partial charge in [-0.05, 0) is 36.4 Å². The second kappa shape index (κ2) is 7.97. The summed E-state index contributed by atoms with van der Waals surface area (Å²) in [7, 11) is 0. The molecular formula is C18H16ClNO5S. The first-order valence-corrected chi connectivity index (χ1v) is 9.29. The Labute approximate surface area is 159 Å². The Morgan fingerprint density at radius 1 is 1.27 bits per heavy atom. The number of hydrogen-bond donors (Lipinski definition) is 0. The highest BCUT2D eigenvalue weighted by Crippen LogP contribution is 2.41. The van der Waals surface area contributed by atoms with Gasteiger partial charge in [-0.15, -0.1) is 11.8 Å². The molecule has 0 radical (unpaired) electrons. The Morgan fingerprint density at radius 2 is 2.00 bits per heavy atom. The molecule has 1 amide bonds. The fourth-order valence-corrected chi connectivity index (χ4v) is 4.22. The predicted molar refractivity (Wildman–Crippen MR) is 97.0 cm³/mol. The van der Waals surface area contributed by atoms with Gasteiger partial charge in [0.25, 0.3) is 0 Å². The van der Waals surface area contributed by atoms with Gasteiger partial charge in [0.2, 0.25) is 5.91 Å². The molecule has 0 spiro atoms. The van der Waals surface area contributed by atoms with E-state index in [9.17, 15) is 14.4 Å². The van der Waals surface area contributed by atoms with E-state index >= 15 is 0 Å². The predicted octanol–water partition coefficient (Wildman–Crippen LogP) is 3.32. The fourth-order valence-electron chi connectivity index (χ4n) is 2.68. The van der Waals surface area contributed by atoms with Gasteiger partial charge in [0.1, 0.15) is 17.2 Å². The number of Topliss-reactive ketones (excluding diaryl/α,β-unsaturated/α-hetero) is 1. The van der Waals surface area contributed by atoms with Gasteiger partial charge in [-0.2, -0.15) is 0 Å². The number of nitrogens with zero attached hydrogens (tertiary/aromatic N) is 1. The van der Waals surface area contributed by atoms with Crippen molar-refractivity contribution in [1.82, 2.24) is 4.90 Å². The molecule has 6 nitrogen and oxygen atoms in total. The SMILES string of the molecule is CC(=O)N1[C@@H](C(=O)OCC(=O)c2ccc(Cl)cc2)CS[C@@H]1c1ccco1. The molecule has 0 bridgehead atoms. The number of ether oxygens (including phenoxy) is 1. The average Bonchev–Trinajstić information content (AvgIpc) is 3.28. The second-order valence-electron chi connectivity index (χ2n) is 5.68. The lowest BCUT2D eigenvalue weighted by Gasteiger charge is -2.25. The van der Waals surface area contributed by atoms with Crippen LogP contribution in [-0.2, 0) is 14.3 Å². The highest BCUT2D eigenvalue weighted by atomic mass is 35.5. The number of ketones is 1. The summed E-state index contributed by atoms with van der Waals surface area (Å²) in [4.78, 5) is 38.0. The van der Waals surface area contributed by atoms with Gasteiger partial charge >= 0.3 is 5.97 Å². The third kappa shape index (κ3) is 3.94.